The topological polar surface area (TPSA) is 78.1 Å². The predicted octanol–water partition coefficient (Wildman–Crippen LogP) is 1.61. The molecule has 1 unspecified atom stereocenters. The van der Waals surface area contributed by atoms with Gasteiger partial charge in [-0.05, 0) is 27.2 Å². The number of carbonyl (C=O) groups excluding carboxylic acids is 1. The van der Waals surface area contributed by atoms with Crippen molar-refractivity contribution in [1.82, 2.24) is 10.2 Å². The zero-order chi connectivity index (χ0) is 12.9. The normalized spacial score (nSPS) is 14.4. The van der Waals surface area contributed by atoms with Crippen LogP contribution in [0.3, 0.4) is 0 Å². The molecule has 2 N–H and O–H groups in total. The monoisotopic (exact) mass is 275 g/mol. The summed E-state index contributed by atoms with van der Waals surface area (Å²) in [6, 6.07) is 0. The number of nitrogens with two attached hydrogens (primary N) is 1. The van der Waals surface area contributed by atoms with Crippen molar-refractivity contribution in [1.29, 1.82) is 0 Å². The second kappa shape index (κ2) is 6.32. The summed E-state index contributed by atoms with van der Waals surface area (Å²) in [6.07, 6.45) is 0.551. The molecule has 1 heterocycles. The molecule has 1 aromatic heterocycles. The van der Waals surface area contributed by atoms with E-state index in [1.807, 2.05) is 6.92 Å². The van der Waals surface area contributed by atoms with Crippen LogP contribution in [0.1, 0.15) is 25.3 Å². The van der Waals surface area contributed by atoms with Gasteiger partial charge in [-0.15, -0.1) is 10.2 Å². The van der Waals surface area contributed by atoms with Crippen molar-refractivity contribution in [2.45, 2.75) is 37.1 Å². The number of hydrogen-bond acceptors (Lipinski definition) is 7. The van der Waals surface area contributed by atoms with Crippen LogP contribution < -0.4 is 5.73 Å². The molecule has 0 fully saturated rings. The lowest BCUT2D eigenvalue weighted by Crippen LogP contribution is -2.46. The van der Waals surface area contributed by atoms with Gasteiger partial charge in [0.2, 0.25) is 0 Å². The minimum absolute atomic E-state index is 0.353. The van der Waals surface area contributed by atoms with Gasteiger partial charge in [0.25, 0.3) is 0 Å². The van der Waals surface area contributed by atoms with Gasteiger partial charge in [-0.3, -0.25) is 4.79 Å². The van der Waals surface area contributed by atoms with Crippen molar-refractivity contribution in [3.8, 4) is 0 Å². The number of thioether (sulfide) groups is 1. The maximum atomic E-state index is 11.5. The van der Waals surface area contributed by atoms with E-state index in [0.29, 0.717) is 13.0 Å². The first kappa shape index (κ1) is 14.4. The van der Waals surface area contributed by atoms with Crippen molar-refractivity contribution < 1.29 is 9.53 Å². The molecular weight excluding hydrogens is 258 g/mol. The molecule has 0 amide bonds. The molecule has 5 nitrogen and oxygen atoms in total. The molecule has 1 atom stereocenters. The van der Waals surface area contributed by atoms with Gasteiger partial charge >= 0.3 is 5.97 Å². The highest BCUT2D eigenvalue weighted by Crippen LogP contribution is 2.24. The highest BCUT2D eigenvalue weighted by molar-refractivity contribution is 8.01. The Morgan fingerprint density at radius 3 is 2.82 bits per heavy atom. The smallest absolute Gasteiger partial charge is 0.325 e. The number of rotatable bonds is 6. The molecule has 1 rings (SSSR count). The lowest BCUT2D eigenvalue weighted by Gasteiger charge is -2.21. The third-order valence-electron chi connectivity index (χ3n) is 2.10. The van der Waals surface area contributed by atoms with Crippen LogP contribution >= 0.6 is 23.1 Å². The van der Waals surface area contributed by atoms with Crippen molar-refractivity contribution in [3.05, 3.63) is 5.01 Å². The van der Waals surface area contributed by atoms with Crippen molar-refractivity contribution in [2.75, 3.05) is 12.4 Å². The van der Waals surface area contributed by atoms with Crippen LogP contribution in [0.5, 0.6) is 0 Å². The Morgan fingerprint density at radius 2 is 2.29 bits per heavy atom. The number of carbonyl (C=O) groups is 1. The predicted molar refractivity (Wildman–Crippen MR) is 69.2 cm³/mol. The van der Waals surface area contributed by atoms with E-state index < -0.39 is 5.54 Å². The van der Waals surface area contributed by atoms with Gasteiger partial charge in [-0.1, -0.05) is 23.1 Å². The van der Waals surface area contributed by atoms with E-state index in [0.717, 1.165) is 15.1 Å². The quantitative estimate of drug-likeness (QED) is 0.627. The van der Waals surface area contributed by atoms with Crippen molar-refractivity contribution >= 4 is 29.1 Å². The van der Waals surface area contributed by atoms with Crippen LogP contribution in [0, 0.1) is 6.92 Å². The summed E-state index contributed by atoms with van der Waals surface area (Å²) in [4.78, 5) is 11.5. The Bertz CT molecular complexity index is 379. The van der Waals surface area contributed by atoms with Gasteiger partial charge in [0, 0.05) is 5.75 Å². The number of aryl methyl sites for hydroxylation is 1. The maximum absolute atomic E-state index is 11.5. The standard InChI is InChI=1S/C10H17N3O2S2/c1-4-15-8(14)10(3,11)5-6-16-9-13-12-7(2)17-9/h4-6,11H2,1-3H3. The molecule has 0 spiro atoms. The van der Waals surface area contributed by atoms with Gasteiger partial charge in [0.1, 0.15) is 10.5 Å². The molecule has 0 radical (unpaired) electrons. The molecular formula is C10H17N3O2S2. The van der Waals surface area contributed by atoms with Crippen LogP contribution in [0.25, 0.3) is 0 Å². The second-order valence-electron chi connectivity index (χ2n) is 3.82. The minimum atomic E-state index is -0.928. The summed E-state index contributed by atoms with van der Waals surface area (Å²) in [5.41, 5.74) is 4.97. The van der Waals surface area contributed by atoms with Crippen LogP contribution in [-0.4, -0.2) is 34.1 Å². The number of nitrogens with zero attached hydrogens (tertiary/aromatic N) is 2. The van der Waals surface area contributed by atoms with E-state index in [1.54, 1.807) is 36.9 Å². The zero-order valence-corrected chi connectivity index (χ0v) is 11.9. The Balaban J connectivity index is 2.37. The third-order valence-corrected chi connectivity index (χ3v) is 4.07. The van der Waals surface area contributed by atoms with Crippen LogP contribution in [-0.2, 0) is 9.53 Å². The summed E-state index contributed by atoms with van der Waals surface area (Å²) < 4.78 is 5.82. The van der Waals surface area contributed by atoms with E-state index >= 15 is 0 Å². The first-order chi connectivity index (χ1) is 7.95. The Hall–Kier alpha value is -0.660. The molecule has 1 aromatic rings. The first-order valence-corrected chi connectivity index (χ1v) is 7.15. The maximum Gasteiger partial charge on any atom is 0.325 e. The largest absolute Gasteiger partial charge is 0.465 e. The molecule has 7 heteroatoms. The molecule has 0 aliphatic heterocycles. The second-order valence-corrected chi connectivity index (χ2v) is 6.35. The van der Waals surface area contributed by atoms with E-state index in [2.05, 4.69) is 10.2 Å². The van der Waals surface area contributed by atoms with Gasteiger partial charge in [-0.2, -0.15) is 0 Å². The number of aromatic nitrogens is 2. The van der Waals surface area contributed by atoms with E-state index in [4.69, 9.17) is 10.5 Å². The summed E-state index contributed by atoms with van der Waals surface area (Å²) in [6.45, 7) is 5.73. The molecule has 96 valence electrons. The van der Waals surface area contributed by atoms with Crippen LogP contribution in [0.15, 0.2) is 4.34 Å². The summed E-state index contributed by atoms with van der Waals surface area (Å²) >= 11 is 3.10. The zero-order valence-electron chi connectivity index (χ0n) is 10.2. The number of ether oxygens (including phenoxy) is 1. The molecule has 0 aliphatic carbocycles. The van der Waals surface area contributed by atoms with Crippen molar-refractivity contribution in [3.63, 3.8) is 0 Å². The molecule has 0 saturated heterocycles. The summed E-state index contributed by atoms with van der Waals surface area (Å²) in [5.74, 6) is 0.370. The van der Waals surface area contributed by atoms with Gasteiger partial charge < -0.3 is 10.5 Å². The minimum Gasteiger partial charge on any atom is -0.465 e. The molecule has 0 bridgehead atoms. The Labute approximate surface area is 109 Å². The molecule has 0 aliphatic rings. The summed E-state index contributed by atoms with van der Waals surface area (Å²) in [7, 11) is 0. The van der Waals surface area contributed by atoms with E-state index in [1.165, 1.54) is 0 Å². The average Bonchev–Trinajstić information content (AvgIpc) is 2.64. The van der Waals surface area contributed by atoms with Gasteiger partial charge in [0.15, 0.2) is 4.34 Å². The Morgan fingerprint density at radius 1 is 1.59 bits per heavy atom. The average molecular weight is 275 g/mol. The lowest BCUT2D eigenvalue weighted by atomic mass is 10.0. The number of hydrogen-bond donors (Lipinski definition) is 1. The highest BCUT2D eigenvalue weighted by Gasteiger charge is 2.29. The molecule has 17 heavy (non-hydrogen) atoms. The van der Waals surface area contributed by atoms with E-state index in [-0.39, 0.29) is 5.97 Å². The van der Waals surface area contributed by atoms with Gasteiger partial charge in [0.05, 0.1) is 6.61 Å². The highest BCUT2D eigenvalue weighted by atomic mass is 32.2. The van der Waals surface area contributed by atoms with Crippen LogP contribution in [0.2, 0.25) is 0 Å². The molecule has 0 saturated carbocycles. The first-order valence-electron chi connectivity index (χ1n) is 5.34. The van der Waals surface area contributed by atoms with Crippen molar-refractivity contribution in [2.24, 2.45) is 5.73 Å². The van der Waals surface area contributed by atoms with E-state index in [9.17, 15) is 4.79 Å². The van der Waals surface area contributed by atoms with Crippen LogP contribution in [0.4, 0.5) is 0 Å². The molecule has 0 aromatic carbocycles. The lowest BCUT2D eigenvalue weighted by molar-refractivity contribution is -0.149. The fraction of sp³-hybridized carbons (Fsp3) is 0.700. The Kier molecular flexibility index (Phi) is 5.35. The number of esters is 1. The SMILES string of the molecule is CCOC(=O)C(C)(N)CCSc1nnc(C)s1. The fourth-order valence-electron chi connectivity index (χ4n) is 1.09. The van der Waals surface area contributed by atoms with Gasteiger partial charge in [-0.25, -0.2) is 0 Å². The fourth-order valence-corrected chi connectivity index (χ4v) is 3.15. The third kappa shape index (κ3) is 4.61. The summed E-state index contributed by atoms with van der Waals surface area (Å²) in [5, 5.41) is 8.85.